The first-order chi connectivity index (χ1) is 12.8. The molecule has 1 aromatic rings. The van der Waals surface area contributed by atoms with Crippen molar-refractivity contribution in [3.8, 4) is 0 Å². The number of aliphatic imine (C=N–C) groups is 1. The van der Waals surface area contributed by atoms with Gasteiger partial charge in [-0.05, 0) is 32.5 Å². The van der Waals surface area contributed by atoms with Crippen molar-refractivity contribution in [2.45, 2.75) is 38.5 Å². The van der Waals surface area contributed by atoms with Crippen LogP contribution in [0.15, 0.2) is 35.3 Å². The molecule has 0 bridgehead atoms. The average molecular weight is 395 g/mol. The first-order valence-electron chi connectivity index (χ1n) is 9.72. The fourth-order valence-electron chi connectivity index (χ4n) is 3.64. The molecule has 1 aliphatic heterocycles. The third kappa shape index (κ3) is 5.02. The first-order valence-corrected chi connectivity index (χ1v) is 11.4. The molecule has 1 saturated heterocycles. The zero-order valence-electron chi connectivity index (χ0n) is 17.3. The summed E-state index contributed by atoms with van der Waals surface area (Å²) in [5.74, 6) is 0.935. The van der Waals surface area contributed by atoms with Crippen molar-refractivity contribution in [3.05, 3.63) is 35.9 Å². The molecule has 1 N–H and O–H groups in total. The molecule has 1 unspecified atom stereocenters. The summed E-state index contributed by atoms with van der Waals surface area (Å²) in [5, 5.41) is 3.49. The lowest BCUT2D eigenvalue weighted by Crippen LogP contribution is -2.57. The number of hydrogen-bond acceptors (Lipinski definition) is 4. The average Bonchev–Trinajstić information content (AvgIpc) is 2.65. The molecule has 6 nitrogen and oxygen atoms in total. The van der Waals surface area contributed by atoms with Crippen LogP contribution in [0.3, 0.4) is 0 Å². The third-order valence-corrected chi connectivity index (χ3v) is 7.98. The van der Waals surface area contributed by atoms with Gasteiger partial charge in [-0.3, -0.25) is 9.89 Å². The van der Waals surface area contributed by atoms with Gasteiger partial charge in [0.2, 0.25) is 0 Å². The maximum Gasteiger partial charge on any atom is 0.193 e. The molecule has 0 radical (unpaired) electrons. The summed E-state index contributed by atoms with van der Waals surface area (Å²) in [6.45, 7) is 11.5. The standard InChI is InChI=1S/C20H34N4O2S/c1-6-23(7-2)18(17-11-9-8-10-12-17)15-22-19(21-5)24-13-14-27(25,26)20(3,4)16-24/h8-12,18H,6-7,13-16H2,1-5H3,(H,21,22). The Morgan fingerprint density at radius 1 is 1.26 bits per heavy atom. The molecule has 7 heteroatoms. The van der Waals surface area contributed by atoms with Crippen LogP contribution in [0.4, 0.5) is 0 Å². The summed E-state index contributed by atoms with van der Waals surface area (Å²) in [5.41, 5.74) is 1.27. The van der Waals surface area contributed by atoms with E-state index < -0.39 is 14.6 Å². The van der Waals surface area contributed by atoms with Gasteiger partial charge < -0.3 is 10.2 Å². The molecular formula is C20H34N4O2S. The van der Waals surface area contributed by atoms with Gasteiger partial charge >= 0.3 is 0 Å². The van der Waals surface area contributed by atoms with Crippen LogP contribution in [0.5, 0.6) is 0 Å². The summed E-state index contributed by atoms with van der Waals surface area (Å²) in [7, 11) is -1.31. The molecule has 2 rings (SSSR count). The highest BCUT2D eigenvalue weighted by Crippen LogP contribution is 2.24. The molecule has 1 heterocycles. The molecule has 0 spiro atoms. The Morgan fingerprint density at radius 2 is 1.89 bits per heavy atom. The predicted molar refractivity (Wildman–Crippen MR) is 113 cm³/mol. The van der Waals surface area contributed by atoms with E-state index in [-0.39, 0.29) is 11.8 Å². The van der Waals surface area contributed by atoms with E-state index in [0.29, 0.717) is 13.1 Å². The number of benzene rings is 1. The van der Waals surface area contributed by atoms with Gasteiger partial charge in [0.15, 0.2) is 15.8 Å². The van der Waals surface area contributed by atoms with Crippen molar-refractivity contribution in [1.82, 2.24) is 15.1 Å². The Kier molecular flexibility index (Phi) is 7.28. The van der Waals surface area contributed by atoms with Crippen LogP contribution < -0.4 is 5.32 Å². The number of rotatable bonds is 6. The lowest BCUT2D eigenvalue weighted by atomic mass is 10.1. The van der Waals surface area contributed by atoms with E-state index in [9.17, 15) is 8.42 Å². The summed E-state index contributed by atoms with van der Waals surface area (Å²) < 4.78 is 23.8. The van der Waals surface area contributed by atoms with E-state index in [1.165, 1.54) is 5.56 Å². The number of nitrogens with zero attached hydrogens (tertiary/aromatic N) is 3. The molecule has 1 aliphatic rings. The number of sulfone groups is 1. The van der Waals surface area contributed by atoms with Gasteiger partial charge in [-0.1, -0.05) is 44.2 Å². The predicted octanol–water partition coefficient (Wildman–Crippen LogP) is 2.15. The van der Waals surface area contributed by atoms with Crippen LogP contribution in [0.1, 0.15) is 39.3 Å². The van der Waals surface area contributed by atoms with Gasteiger partial charge in [-0.2, -0.15) is 0 Å². The van der Waals surface area contributed by atoms with Crippen LogP contribution in [0.25, 0.3) is 0 Å². The minimum Gasteiger partial charge on any atom is -0.354 e. The fraction of sp³-hybridized carbons (Fsp3) is 0.650. The Bertz CT molecular complexity index is 728. The molecule has 0 amide bonds. The summed E-state index contributed by atoms with van der Waals surface area (Å²) in [4.78, 5) is 8.90. The molecule has 27 heavy (non-hydrogen) atoms. The topological polar surface area (TPSA) is 65.0 Å². The smallest absolute Gasteiger partial charge is 0.193 e. The normalized spacial score (nSPS) is 20.5. The highest BCUT2D eigenvalue weighted by molar-refractivity contribution is 7.92. The molecule has 1 aromatic carbocycles. The van der Waals surface area contributed by atoms with Crippen molar-refractivity contribution in [2.24, 2.45) is 4.99 Å². The second kappa shape index (κ2) is 9.06. The third-order valence-electron chi connectivity index (χ3n) is 5.45. The maximum absolute atomic E-state index is 12.3. The lowest BCUT2D eigenvalue weighted by molar-refractivity contribution is 0.217. The Morgan fingerprint density at radius 3 is 2.41 bits per heavy atom. The first kappa shape index (κ1) is 21.7. The van der Waals surface area contributed by atoms with E-state index >= 15 is 0 Å². The van der Waals surface area contributed by atoms with Crippen LogP contribution in [0, 0.1) is 0 Å². The zero-order valence-corrected chi connectivity index (χ0v) is 18.1. The maximum atomic E-state index is 12.3. The van der Waals surface area contributed by atoms with Crippen molar-refractivity contribution in [3.63, 3.8) is 0 Å². The van der Waals surface area contributed by atoms with Crippen LogP contribution in [0.2, 0.25) is 0 Å². The second-order valence-corrected chi connectivity index (χ2v) is 10.3. The quantitative estimate of drug-likeness (QED) is 0.592. The molecule has 0 aromatic heterocycles. The Labute approximate surface area is 164 Å². The monoisotopic (exact) mass is 394 g/mol. The molecule has 1 fully saturated rings. The largest absolute Gasteiger partial charge is 0.354 e. The molecule has 0 aliphatic carbocycles. The van der Waals surface area contributed by atoms with Crippen molar-refractivity contribution in [1.29, 1.82) is 0 Å². The zero-order chi connectivity index (χ0) is 20.1. The molecule has 152 valence electrons. The number of hydrogen-bond donors (Lipinski definition) is 1. The Balaban J connectivity index is 2.13. The van der Waals surface area contributed by atoms with E-state index in [1.54, 1.807) is 20.9 Å². The van der Waals surface area contributed by atoms with Crippen molar-refractivity contribution >= 4 is 15.8 Å². The van der Waals surface area contributed by atoms with Gasteiger partial charge in [0.25, 0.3) is 0 Å². The van der Waals surface area contributed by atoms with E-state index in [4.69, 9.17) is 0 Å². The summed E-state index contributed by atoms with van der Waals surface area (Å²) >= 11 is 0. The van der Waals surface area contributed by atoms with E-state index in [2.05, 4.69) is 58.2 Å². The van der Waals surface area contributed by atoms with Crippen LogP contribution >= 0.6 is 0 Å². The summed E-state index contributed by atoms with van der Waals surface area (Å²) in [6.07, 6.45) is 0. The van der Waals surface area contributed by atoms with Crippen LogP contribution in [-0.2, 0) is 9.84 Å². The van der Waals surface area contributed by atoms with Crippen LogP contribution in [-0.4, -0.2) is 74.4 Å². The number of likely N-dealkylation sites (N-methyl/N-ethyl adjacent to an activating group) is 1. The SMILES string of the molecule is CCN(CC)C(CNC(=NC)N1CCS(=O)(=O)C(C)(C)C1)c1ccccc1. The second-order valence-electron chi connectivity index (χ2n) is 7.58. The van der Waals surface area contributed by atoms with E-state index in [1.807, 2.05) is 6.07 Å². The summed E-state index contributed by atoms with van der Waals surface area (Å²) in [6, 6.07) is 10.7. The lowest BCUT2D eigenvalue weighted by Gasteiger charge is -2.40. The van der Waals surface area contributed by atoms with Gasteiger partial charge in [0.1, 0.15) is 0 Å². The Hall–Kier alpha value is -1.60. The van der Waals surface area contributed by atoms with Gasteiger partial charge in [0, 0.05) is 26.7 Å². The highest BCUT2D eigenvalue weighted by Gasteiger charge is 2.41. The number of nitrogens with one attached hydrogen (secondary N) is 1. The molecular weight excluding hydrogens is 360 g/mol. The minimum atomic E-state index is -3.06. The minimum absolute atomic E-state index is 0.166. The van der Waals surface area contributed by atoms with Gasteiger partial charge in [-0.25, -0.2) is 8.42 Å². The van der Waals surface area contributed by atoms with Gasteiger partial charge in [0.05, 0.1) is 16.5 Å². The molecule has 1 atom stereocenters. The van der Waals surface area contributed by atoms with Crippen molar-refractivity contribution < 1.29 is 8.42 Å². The fourth-order valence-corrected chi connectivity index (χ4v) is 5.01. The number of guanidine groups is 1. The van der Waals surface area contributed by atoms with Gasteiger partial charge in [-0.15, -0.1) is 0 Å². The highest BCUT2D eigenvalue weighted by atomic mass is 32.2. The molecule has 0 saturated carbocycles. The van der Waals surface area contributed by atoms with E-state index in [0.717, 1.165) is 25.6 Å². The van der Waals surface area contributed by atoms with Crippen molar-refractivity contribution in [2.75, 3.05) is 45.5 Å².